The van der Waals surface area contributed by atoms with Crippen LogP contribution in [0.25, 0.3) is 0 Å². The quantitative estimate of drug-likeness (QED) is 0.485. The van der Waals surface area contributed by atoms with E-state index in [9.17, 15) is 14.4 Å². The first-order chi connectivity index (χ1) is 9.49. The molecule has 0 aromatic rings. The number of rotatable bonds is 8. The van der Waals surface area contributed by atoms with Crippen LogP contribution in [0, 0.1) is 0 Å². The molecule has 7 nitrogen and oxygen atoms in total. The molecule has 1 unspecified atom stereocenters. The van der Waals surface area contributed by atoms with Gasteiger partial charge in [-0.25, -0.2) is 9.59 Å². The fourth-order valence-electron chi connectivity index (χ4n) is 2.05. The van der Waals surface area contributed by atoms with E-state index in [4.69, 9.17) is 10.8 Å². The molecule has 5 N–H and O–H groups in total. The second kappa shape index (κ2) is 8.19. The maximum atomic E-state index is 11.6. The van der Waals surface area contributed by atoms with Crippen LogP contribution in [0.15, 0.2) is 11.6 Å². The summed E-state index contributed by atoms with van der Waals surface area (Å²) in [5.41, 5.74) is 6.28. The molecule has 0 spiro atoms. The monoisotopic (exact) mass is 283 g/mol. The summed E-state index contributed by atoms with van der Waals surface area (Å²) < 4.78 is 0. The average molecular weight is 283 g/mol. The van der Waals surface area contributed by atoms with Crippen molar-refractivity contribution in [2.75, 3.05) is 6.54 Å². The normalized spacial score (nSPS) is 15.3. The van der Waals surface area contributed by atoms with Crippen molar-refractivity contribution in [3.8, 4) is 0 Å². The van der Waals surface area contributed by atoms with E-state index in [1.807, 2.05) is 0 Å². The summed E-state index contributed by atoms with van der Waals surface area (Å²) in [6.07, 6.45) is 6.19. The molecule has 0 aromatic heterocycles. The van der Waals surface area contributed by atoms with Crippen molar-refractivity contribution in [2.24, 2.45) is 5.73 Å². The molecule has 20 heavy (non-hydrogen) atoms. The van der Waals surface area contributed by atoms with Gasteiger partial charge < -0.3 is 21.5 Å². The van der Waals surface area contributed by atoms with Crippen molar-refractivity contribution >= 4 is 17.9 Å². The third-order valence-electron chi connectivity index (χ3n) is 3.15. The number of carboxylic acids is 1. The third-order valence-corrected chi connectivity index (χ3v) is 3.15. The van der Waals surface area contributed by atoms with Crippen LogP contribution in [-0.4, -0.2) is 35.6 Å². The van der Waals surface area contributed by atoms with Crippen LogP contribution in [-0.2, 0) is 9.59 Å². The van der Waals surface area contributed by atoms with Gasteiger partial charge in [-0.15, -0.1) is 0 Å². The number of urea groups is 1. The summed E-state index contributed by atoms with van der Waals surface area (Å²) in [4.78, 5) is 33.1. The van der Waals surface area contributed by atoms with Gasteiger partial charge in [0.25, 0.3) is 0 Å². The summed E-state index contributed by atoms with van der Waals surface area (Å²) in [6, 6.07) is -1.64. The Kier molecular flexibility index (Phi) is 6.55. The number of primary amides is 1. The van der Waals surface area contributed by atoms with E-state index >= 15 is 0 Å². The second-order valence-electron chi connectivity index (χ2n) is 4.80. The van der Waals surface area contributed by atoms with Gasteiger partial charge in [0, 0.05) is 13.0 Å². The maximum Gasteiger partial charge on any atom is 0.326 e. The van der Waals surface area contributed by atoms with Gasteiger partial charge in [-0.3, -0.25) is 4.79 Å². The second-order valence-corrected chi connectivity index (χ2v) is 4.80. The first-order valence-electron chi connectivity index (χ1n) is 6.72. The number of aliphatic carboxylic acids is 1. The number of amides is 3. The number of allylic oxidation sites excluding steroid dienone is 1. The Hall–Kier alpha value is -2.05. The van der Waals surface area contributed by atoms with Crippen LogP contribution in [0.5, 0.6) is 0 Å². The Morgan fingerprint density at radius 3 is 2.70 bits per heavy atom. The minimum Gasteiger partial charge on any atom is -0.480 e. The van der Waals surface area contributed by atoms with Crippen LogP contribution in [0.1, 0.15) is 38.5 Å². The van der Waals surface area contributed by atoms with Gasteiger partial charge >= 0.3 is 12.0 Å². The summed E-state index contributed by atoms with van der Waals surface area (Å²) in [5, 5.41) is 13.9. The van der Waals surface area contributed by atoms with Crippen LogP contribution in [0.3, 0.4) is 0 Å². The minimum absolute atomic E-state index is 0.0107. The van der Waals surface area contributed by atoms with Gasteiger partial charge in [0.2, 0.25) is 5.91 Å². The molecule has 0 saturated carbocycles. The Morgan fingerprint density at radius 2 is 2.15 bits per heavy atom. The standard InChI is InChI=1S/C13H21N3O4/c14-11(17)6-5-10(12(18)19)16-13(20)15-8-7-9-3-1-2-4-9/h3,10H,1-2,4-8H2,(H2,14,17)(H,18,19)(H2,15,16,20). The lowest BCUT2D eigenvalue weighted by atomic mass is 10.1. The van der Waals surface area contributed by atoms with Crippen LogP contribution >= 0.6 is 0 Å². The van der Waals surface area contributed by atoms with Gasteiger partial charge in [0.15, 0.2) is 0 Å². The van der Waals surface area contributed by atoms with E-state index in [2.05, 4.69) is 16.7 Å². The highest BCUT2D eigenvalue weighted by molar-refractivity contribution is 5.83. The topological polar surface area (TPSA) is 122 Å². The number of nitrogens with two attached hydrogens (primary N) is 1. The zero-order valence-corrected chi connectivity index (χ0v) is 11.4. The lowest BCUT2D eigenvalue weighted by Crippen LogP contribution is -2.46. The van der Waals surface area contributed by atoms with Crippen LogP contribution < -0.4 is 16.4 Å². The first kappa shape index (κ1) is 16.0. The molecule has 1 aliphatic carbocycles. The van der Waals surface area contributed by atoms with E-state index in [1.165, 1.54) is 5.57 Å². The lowest BCUT2D eigenvalue weighted by molar-refractivity contribution is -0.139. The summed E-state index contributed by atoms with van der Waals surface area (Å²) >= 11 is 0. The van der Waals surface area contributed by atoms with Crippen molar-refractivity contribution in [1.29, 1.82) is 0 Å². The number of hydrogen-bond donors (Lipinski definition) is 4. The number of nitrogens with one attached hydrogen (secondary N) is 2. The van der Waals surface area contributed by atoms with Gasteiger partial charge in [0.05, 0.1) is 0 Å². The Bertz CT molecular complexity index is 406. The SMILES string of the molecule is NC(=O)CCC(NC(=O)NCCC1=CCCC1)C(=O)O. The zero-order valence-electron chi connectivity index (χ0n) is 11.4. The predicted octanol–water partition coefficient (Wildman–Crippen LogP) is 0.505. The molecule has 0 saturated heterocycles. The van der Waals surface area contributed by atoms with E-state index in [0.717, 1.165) is 25.7 Å². The lowest BCUT2D eigenvalue weighted by Gasteiger charge is -2.14. The average Bonchev–Trinajstić information content (AvgIpc) is 2.87. The van der Waals surface area contributed by atoms with Crippen molar-refractivity contribution < 1.29 is 19.5 Å². The largest absolute Gasteiger partial charge is 0.480 e. The van der Waals surface area contributed by atoms with Crippen molar-refractivity contribution in [1.82, 2.24) is 10.6 Å². The van der Waals surface area contributed by atoms with E-state index in [1.54, 1.807) is 0 Å². The summed E-state index contributed by atoms with van der Waals surface area (Å²) in [7, 11) is 0. The van der Waals surface area contributed by atoms with E-state index in [0.29, 0.717) is 6.54 Å². The number of hydrogen-bond acceptors (Lipinski definition) is 3. The molecule has 112 valence electrons. The molecule has 0 fully saturated rings. The molecule has 0 radical (unpaired) electrons. The number of carbonyl (C=O) groups is 3. The van der Waals surface area contributed by atoms with Gasteiger partial charge in [-0.2, -0.15) is 0 Å². The molecule has 7 heteroatoms. The molecular formula is C13H21N3O4. The van der Waals surface area contributed by atoms with Crippen LogP contribution in [0.4, 0.5) is 4.79 Å². The molecule has 3 amide bonds. The molecule has 0 bridgehead atoms. The Labute approximate surface area is 117 Å². The zero-order chi connectivity index (χ0) is 15.0. The van der Waals surface area contributed by atoms with Crippen molar-refractivity contribution in [2.45, 2.75) is 44.6 Å². The first-order valence-corrected chi connectivity index (χ1v) is 6.72. The number of carboxylic acid groups (broad SMARTS) is 1. The fraction of sp³-hybridized carbons (Fsp3) is 0.615. The molecule has 1 rings (SSSR count). The number of carbonyl (C=O) groups excluding carboxylic acids is 2. The van der Waals surface area contributed by atoms with Gasteiger partial charge in [0.1, 0.15) is 6.04 Å². The third kappa shape index (κ3) is 6.21. The molecule has 0 heterocycles. The molecular weight excluding hydrogens is 262 g/mol. The summed E-state index contributed by atoms with van der Waals surface area (Å²) in [6.45, 7) is 0.472. The highest BCUT2D eigenvalue weighted by atomic mass is 16.4. The summed E-state index contributed by atoms with van der Waals surface area (Å²) in [5.74, 6) is -1.77. The van der Waals surface area contributed by atoms with Gasteiger partial charge in [-0.1, -0.05) is 11.6 Å². The Morgan fingerprint density at radius 1 is 1.40 bits per heavy atom. The van der Waals surface area contributed by atoms with E-state index in [-0.39, 0.29) is 12.8 Å². The molecule has 1 atom stereocenters. The maximum absolute atomic E-state index is 11.6. The molecule has 1 aliphatic rings. The smallest absolute Gasteiger partial charge is 0.326 e. The van der Waals surface area contributed by atoms with Crippen LogP contribution in [0.2, 0.25) is 0 Å². The molecule has 0 aliphatic heterocycles. The fourth-order valence-corrected chi connectivity index (χ4v) is 2.05. The van der Waals surface area contributed by atoms with Crippen molar-refractivity contribution in [3.05, 3.63) is 11.6 Å². The predicted molar refractivity (Wildman–Crippen MR) is 72.9 cm³/mol. The highest BCUT2D eigenvalue weighted by Gasteiger charge is 2.20. The highest BCUT2D eigenvalue weighted by Crippen LogP contribution is 2.19. The Balaban J connectivity index is 2.26. The van der Waals surface area contributed by atoms with E-state index < -0.39 is 23.9 Å². The van der Waals surface area contributed by atoms with Gasteiger partial charge in [-0.05, 0) is 32.1 Å². The van der Waals surface area contributed by atoms with Crippen molar-refractivity contribution in [3.63, 3.8) is 0 Å². The minimum atomic E-state index is -1.18. The molecule has 0 aromatic carbocycles.